The quantitative estimate of drug-likeness (QED) is 0.713. The van der Waals surface area contributed by atoms with Gasteiger partial charge in [0.25, 0.3) is 0 Å². The third kappa shape index (κ3) is 3.22. The van der Waals surface area contributed by atoms with Gasteiger partial charge in [0.15, 0.2) is 0 Å². The van der Waals surface area contributed by atoms with Crippen LogP contribution >= 0.6 is 0 Å². The van der Waals surface area contributed by atoms with Gasteiger partial charge in [-0.05, 0) is 30.7 Å². The highest BCUT2D eigenvalue weighted by molar-refractivity contribution is 7.89. The predicted molar refractivity (Wildman–Crippen MR) is 72.2 cm³/mol. The number of nitrogens with one attached hydrogen (secondary N) is 3. The molecule has 3 N–H and O–H groups in total. The molecule has 2 rings (SSSR count). The van der Waals surface area contributed by atoms with Gasteiger partial charge >= 0.3 is 0 Å². The fourth-order valence-corrected chi connectivity index (χ4v) is 2.81. The second-order valence-electron chi connectivity index (χ2n) is 4.42. The van der Waals surface area contributed by atoms with Gasteiger partial charge in [0.05, 0.1) is 10.9 Å². The molecule has 0 amide bonds. The Balaban J connectivity index is 2.01. The molecule has 1 heterocycles. The Morgan fingerprint density at radius 2 is 1.94 bits per heavy atom. The Morgan fingerprint density at radius 3 is 2.44 bits per heavy atom. The molecule has 1 saturated heterocycles. The molecule has 1 aromatic rings. The molecule has 5 nitrogen and oxygen atoms in total. The van der Waals surface area contributed by atoms with Crippen molar-refractivity contribution in [3.63, 3.8) is 0 Å². The van der Waals surface area contributed by atoms with Crippen LogP contribution in [0, 0.1) is 0 Å². The first kappa shape index (κ1) is 13.3. The van der Waals surface area contributed by atoms with Gasteiger partial charge in [0.1, 0.15) is 0 Å². The SMILES string of the molecule is CCCNS(=O)(=O)c1ccc(NC2CNC2)cc1. The third-order valence-electron chi connectivity index (χ3n) is 2.86. The van der Waals surface area contributed by atoms with Crippen LogP contribution in [-0.2, 0) is 10.0 Å². The van der Waals surface area contributed by atoms with E-state index >= 15 is 0 Å². The first-order chi connectivity index (χ1) is 8.62. The van der Waals surface area contributed by atoms with Gasteiger partial charge in [-0.25, -0.2) is 13.1 Å². The van der Waals surface area contributed by atoms with Crippen molar-refractivity contribution in [2.24, 2.45) is 0 Å². The zero-order valence-corrected chi connectivity index (χ0v) is 11.3. The number of sulfonamides is 1. The topological polar surface area (TPSA) is 70.2 Å². The highest BCUT2D eigenvalue weighted by Gasteiger charge is 2.17. The molecule has 0 saturated carbocycles. The van der Waals surface area contributed by atoms with E-state index in [0.717, 1.165) is 25.2 Å². The summed E-state index contributed by atoms with van der Waals surface area (Å²) in [5.41, 5.74) is 0.955. The molecular formula is C12H19N3O2S. The standard InChI is InChI=1S/C12H19N3O2S/c1-2-7-14-18(16,17)12-5-3-10(4-6-12)15-11-8-13-9-11/h3-6,11,13-15H,2,7-9H2,1H3. The first-order valence-corrected chi connectivity index (χ1v) is 7.67. The molecule has 0 bridgehead atoms. The minimum absolute atomic E-state index is 0.313. The molecule has 18 heavy (non-hydrogen) atoms. The molecule has 0 atom stereocenters. The summed E-state index contributed by atoms with van der Waals surface area (Å²) in [6.07, 6.45) is 0.785. The van der Waals surface area contributed by atoms with Crippen LogP contribution < -0.4 is 15.4 Å². The lowest BCUT2D eigenvalue weighted by Crippen LogP contribution is -2.51. The Labute approximate surface area is 108 Å². The van der Waals surface area contributed by atoms with Crippen molar-refractivity contribution < 1.29 is 8.42 Å². The monoisotopic (exact) mass is 269 g/mol. The summed E-state index contributed by atoms with van der Waals surface area (Å²) in [6.45, 7) is 4.31. The van der Waals surface area contributed by atoms with Crippen molar-refractivity contribution in [2.75, 3.05) is 25.0 Å². The largest absolute Gasteiger partial charge is 0.380 e. The van der Waals surface area contributed by atoms with E-state index in [4.69, 9.17) is 0 Å². The Morgan fingerprint density at radius 1 is 1.28 bits per heavy atom. The summed E-state index contributed by atoms with van der Waals surface area (Å²) in [5, 5.41) is 6.49. The van der Waals surface area contributed by atoms with Gasteiger partial charge in [-0.2, -0.15) is 0 Å². The minimum Gasteiger partial charge on any atom is -0.380 e. The van der Waals surface area contributed by atoms with Gasteiger partial charge in [-0.3, -0.25) is 0 Å². The van der Waals surface area contributed by atoms with Crippen molar-refractivity contribution in [1.82, 2.24) is 10.0 Å². The summed E-state index contributed by atoms with van der Waals surface area (Å²) < 4.78 is 26.3. The van der Waals surface area contributed by atoms with Crippen LogP contribution in [0.1, 0.15) is 13.3 Å². The molecule has 100 valence electrons. The smallest absolute Gasteiger partial charge is 0.240 e. The average molecular weight is 269 g/mol. The second-order valence-corrected chi connectivity index (χ2v) is 6.19. The second kappa shape index (κ2) is 5.69. The fraction of sp³-hybridized carbons (Fsp3) is 0.500. The van der Waals surface area contributed by atoms with E-state index in [-0.39, 0.29) is 0 Å². The lowest BCUT2D eigenvalue weighted by Gasteiger charge is -2.29. The molecule has 0 radical (unpaired) electrons. The zero-order chi connectivity index (χ0) is 13.0. The van der Waals surface area contributed by atoms with E-state index in [9.17, 15) is 8.42 Å². The van der Waals surface area contributed by atoms with E-state index in [1.807, 2.05) is 6.92 Å². The van der Waals surface area contributed by atoms with E-state index in [1.165, 1.54) is 0 Å². The zero-order valence-electron chi connectivity index (χ0n) is 10.4. The maximum Gasteiger partial charge on any atom is 0.240 e. The van der Waals surface area contributed by atoms with Crippen LogP contribution in [0.3, 0.4) is 0 Å². The molecule has 1 aromatic carbocycles. The lowest BCUT2D eigenvalue weighted by molar-refractivity contribution is 0.472. The van der Waals surface area contributed by atoms with Crippen LogP contribution in [0.15, 0.2) is 29.2 Å². The minimum atomic E-state index is -3.35. The van der Waals surface area contributed by atoms with Gasteiger partial charge in [0, 0.05) is 25.3 Å². The van der Waals surface area contributed by atoms with Crippen molar-refractivity contribution in [2.45, 2.75) is 24.3 Å². The molecule has 0 aliphatic carbocycles. The summed E-state index contributed by atoms with van der Waals surface area (Å²) in [5.74, 6) is 0. The normalized spacial score (nSPS) is 16.3. The van der Waals surface area contributed by atoms with Crippen molar-refractivity contribution in [3.05, 3.63) is 24.3 Å². The molecule has 1 aliphatic heterocycles. The van der Waals surface area contributed by atoms with Gasteiger partial charge in [-0.1, -0.05) is 6.92 Å². The van der Waals surface area contributed by atoms with Gasteiger partial charge in [-0.15, -0.1) is 0 Å². The number of rotatable bonds is 6. The Kier molecular flexibility index (Phi) is 4.21. The summed E-state index contributed by atoms with van der Waals surface area (Å²) in [7, 11) is -3.35. The Bertz CT molecular complexity index is 481. The first-order valence-electron chi connectivity index (χ1n) is 6.19. The predicted octanol–water partition coefficient (Wildman–Crippen LogP) is 0.759. The maximum absolute atomic E-state index is 11.9. The molecular weight excluding hydrogens is 250 g/mol. The van der Waals surface area contributed by atoms with Crippen LogP contribution in [0.25, 0.3) is 0 Å². The van der Waals surface area contributed by atoms with E-state index in [0.29, 0.717) is 17.5 Å². The van der Waals surface area contributed by atoms with Crippen molar-refractivity contribution in [3.8, 4) is 0 Å². The van der Waals surface area contributed by atoms with E-state index in [2.05, 4.69) is 15.4 Å². The lowest BCUT2D eigenvalue weighted by atomic mass is 10.1. The summed E-state index contributed by atoms with van der Waals surface area (Å²) in [4.78, 5) is 0.313. The maximum atomic E-state index is 11.9. The van der Waals surface area contributed by atoms with Crippen LogP contribution in [0.5, 0.6) is 0 Å². The highest BCUT2D eigenvalue weighted by atomic mass is 32.2. The van der Waals surface area contributed by atoms with Crippen molar-refractivity contribution >= 4 is 15.7 Å². The molecule has 1 aliphatic rings. The van der Waals surface area contributed by atoms with E-state index < -0.39 is 10.0 Å². The number of hydrogen-bond donors (Lipinski definition) is 3. The summed E-state index contributed by atoms with van der Waals surface area (Å²) in [6, 6.07) is 7.32. The molecule has 0 unspecified atom stereocenters. The van der Waals surface area contributed by atoms with Crippen LogP contribution in [0.2, 0.25) is 0 Å². The van der Waals surface area contributed by atoms with Crippen LogP contribution in [-0.4, -0.2) is 34.1 Å². The molecule has 6 heteroatoms. The average Bonchev–Trinajstić information content (AvgIpc) is 2.32. The number of benzene rings is 1. The Hall–Kier alpha value is -1.11. The van der Waals surface area contributed by atoms with Crippen molar-refractivity contribution in [1.29, 1.82) is 0 Å². The third-order valence-corrected chi connectivity index (χ3v) is 4.34. The number of hydrogen-bond acceptors (Lipinski definition) is 4. The fourth-order valence-electron chi connectivity index (χ4n) is 1.68. The van der Waals surface area contributed by atoms with Gasteiger partial charge in [0.2, 0.25) is 10.0 Å². The number of anilines is 1. The van der Waals surface area contributed by atoms with E-state index in [1.54, 1.807) is 24.3 Å². The van der Waals surface area contributed by atoms with Crippen LogP contribution in [0.4, 0.5) is 5.69 Å². The summed E-state index contributed by atoms with van der Waals surface area (Å²) >= 11 is 0. The molecule has 0 spiro atoms. The van der Waals surface area contributed by atoms with Gasteiger partial charge < -0.3 is 10.6 Å². The molecule has 1 fully saturated rings. The highest BCUT2D eigenvalue weighted by Crippen LogP contribution is 2.15. The molecule has 0 aromatic heterocycles.